The Morgan fingerprint density at radius 2 is 1.64 bits per heavy atom. The number of nitrogens with one attached hydrogen (secondary N) is 1. The van der Waals surface area contributed by atoms with Crippen LogP contribution in [0.2, 0.25) is 0 Å². The van der Waals surface area contributed by atoms with E-state index in [1.54, 1.807) is 0 Å². The number of aromatic nitrogens is 1. The van der Waals surface area contributed by atoms with Gasteiger partial charge in [-0.1, -0.05) is 33.6 Å². The molecule has 1 aromatic rings. The van der Waals surface area contributed by atoms with Crippen LogP contribution in [0.1, 0.15) is 87.8 Å². The molecule has 1 unspecified atom stereocenters. The molecule has 2 nitrogen and oxygen atoms in total. The maximum atomic E-state index is 4.85. The second-order valence-corrected chi connectivity index (χ2v) is 9.55. The first kappa shape index (κ1) is 16.4. The molecule has 0 aliphatic heterocycles. The second-order valence-electron chi connectivity index (χ2n) is 8.51. The number of rotatable bonds is 5. The predicted molar refractivity (Wildman–Crippen MR) is 95.6 cm³/mol. The van der Waals surface area contributed by atoms with Crippen LogP contribution in [0.3, 0.4) is 0 Å². The van der Waals surface area contributed by atoms with Crippen molar-refractivity contribution in [2.45, 2.75) is 90.6 Å². The van der Waals surface area contributed by atoms with E-state index in [0.717, 1.165) is 17.9 Å². The van der Waals surface area contributed by atoms with E-state index in [1.165, 1.54) is 54.1 Å². The van der Waals surface area contributed by atoms with Gasteiger partial charge in [0.1, 0.15) is 0 Å². The Bertz CT molecular complexity index is 492. The van der Waals surface area contributed by atoms with Crippen molar-refractivity contribution >= 4 is 11.3 Å². The summed E-state index contributed by atoms with van der Waals surface area (Å²) >= 11 is 1.92. The van der Waals surface area contributed by atoms with Crippen molar-refractivity contribution in [3.05, 3.63) is 15.6 Å². The van der Waals surface area contributed by atoms with E-state index in [0.29, 0.717) is 6.04 Å². The highest BCUT2D eigenvalue weighted by atomic mass is 32.1. The smallest absolute Gasteiger partial charge is 0.0985 e. The van der Waals surface area contributed by atoms with Gasteiger partial charge in [0.25, 0.3) is 0 Å². The van der Waals surface area contributed by atoms with Crippen molar-refractivity contribution in [1.82, 2.24) is 10.3 Å². The minimum absolute atomic E-state index is 0.161. The molecule has 3 heteroatoms. The van der Waals surface area contributed by atoms with Crippen molar-refractivity contribution in [3.8, 4) is 0 Å². The van der Waals surface area contributed by atoms with Crippen LogP contribution in [0.25, 0.3) is 0 Å². The maximum Gasteiger partial charge on any atom is 0.0985 e. The second kappa shape index (κ2) is 6.24. The Hall–Kier alpha value is -0.410. The summed E-state index contributed by atoms with van der Waals surface area (Å²) in [6, 6.07) is 1.19. The number of nitrogens with zero attached hydrogens (tertiary/aromatic N) is 1. The summed E-state index contributed by atoms with van der Waals surface area (Å²) in [6.07, 6.45) is 8.65. The van der Waals surface area contributed by atoms with Gasteiger partial charge in [-0.05, 0) is 51.4 Å². The van der Waals surface area contributed by atoms with Gasteiger partial charge in [0.15, 0.2) is 0 Å². The number of thiazole rings is 1. The topological polar surface area (TPSA) is 24.9 Å². The van der Waals surface area contributed by atoms with E-state index < -0.39 is 0 Å². The third-order valence-corrected chi connectivity index (χ3v) is 7.39. The van der Waals surface area contributed by atoms with Crippen LogP contribution in [0.4, 0.5) is 0 Å². The molecule has 0 spiro atoms. The summed E-state index contributed by atoms with van der Waals surface area (Å²) in [5.41, 5.74) is 1.39. The summed E-state index contributed by atoms with van der Waals surface area (Å²) in [6.45, 7) is 11.3. The zero-order chi connectivity index (χ0) is 15.9. The molecule has 0 aromatic carbocycles. The Kier molecular flexibility index (Phi) is 4.66. The number of hydrogen-bond acceptors (Lipinski definition) is 3. The van der Waals surface area contributed by atoms with Crippen LogP contribution in [-0.2, 0) is 5.41 Å². The van der Waals surface area contributed by atoms with Gasteiger partial charge < -0.3 is 5.32 Å². The quantitative estimate of drug-likeness (QED) is 0.789. The lowest BCUT2D eigenvalue weighted by Crippen LogP contribution is -2.48. The molecule has 1 aromatic heterocycles. The summed E-state index contributed by atoms with van der Waals surface area (Å²) in [5, 5.41) is 5.29. The lowest BCUT2D eigenvalue weighted by Gasteiger charge is -2.44. The lowest BCUT2D eigenvalue weighted by atomic mass is 9.68. The average Bonchev–Trinajstić information content (AvgIpc) is 2.66. The zero-order valence-electron chi connectivity index (χ0n) is 14.9. The molecule has 124 valence electrons. The molecule has 2 aliphatic rings. The minimum Gasteiger partial charge on any atom is -0.306 e. The van der Waals surface area contributed by atoms with Gasteiger partial charge in [-0.2, -0.15) is 0 Å². The summed E-state index contributed by atoms with van der Waals surface area (Å²) in [7, 11) is 0. The third kappa shape index (κ3) is 3.26. The SMILES string of the molecule is Cc1nc(C(C)(C)C)sc1C(C)NC(C1CCC1)C1CCC1. The normalized spacial score (nSPS) is 21.7. The highest BCUT2D eigenvalue weighted by Crippen LogP contribution is 2.41. The molecular formula is C19H32N2S. The van der Waals surface area contributed by atoms with E-state index >= 15 is 0 Å². The monoisotopic (exact) mass is 320 g/mol. The van der Waals surface area contributed by atoms with Crippen LogP contribution in [0.5, 0.6) is 0 Å². The minimum atomic E-state index is 0.161. The fraction of sp³-hybridized carbons (Fsp3) is 0.842. The standard InChI is InChI=1S/C19H32N2S/c1-12(17-13(2)21-18(22-17)19(3,4)5)20-16(14-8-6-9-14)15-10-7-11-15/h12,14-16,20H,6-11H2,1-5H3. The molecule has 0 amide bonds. The predicted octanol–water partition coefficient (Wildman–Crippen LogP) is 5.37. The first-order valence-electron chi connectivity index (χ1n) is 9.10. The first-order valence-corrected chi connectivity index (χ1v) is 9.91. The Morgan fingerprint density at radius 1 is 1.09 bits per heavy atom. The molecular weight excluding hydrogens is 288 g/mol. The van der Waals surface area contributed by atoms with Gasteiger partial charge >= 0.3 is 0 Å². The van der Waals surface area contributed by atoms with Gasteiger partial charge in [0, 0.05) is 22.4 Å². The summed E-state index contributed by atoms with van der Waals surface area (Å²) in [4.78, 5) is 6.30. The van der Waals surface area contributed by atoms with Crippen LogP contribution in [0.15, 0.2) is 0 Å². The van der Waals surface area contributed by atoms with Crippen molar-refractivity contribution < 1.29 is 0 Å². The molecule has 2 aliphatic carbocycles. The largest absolute Gasteiger partial charge is 0.306 e. The fourth-order valence-electron chi connectivity index (χ4n) is 3.75. The Balaban J connectivity index is 1.72. The van der Waals surface area contributed by atoms with E-state index in [9.17, 15) is 0 Å². The molecule has 2 saturated carbocycles. The van der Waals surface area contributed by atoms with Crippen molar-refractivity contribution in [2.24, 2.45) is 11.8 Å². The number of hydrogen-bond donors (Lipinski definition) is 1. The van der Waals surface area contributed by atoms with Gasteiger partial charge in [-0.3, -0.25) is 0 Å². The molecule has 0 saturated heterocycles. The van der Waals surface area contributed by atoms with Gasteiger partial charge in [-0.15, -0.1) is 11.3 Å². The molecule has 0 bridgehead atoms. The molecule has 1 N–H and O–H groups in total. The van der Waals surface area contributed by atoms with Crippen molar-refractivity contribution in [2.75, 3.05) is 0 Å². The maximum absolute atomic E-state index is 4.85. The van der Waals surface area contributed by atoms with E-state index in [4.69, 9.17) is 4.98 Å². The molecule has 22 heavy (non-hydrogen) atoms. The molecule has 2 fully saturated rings. The van der Waals surface area contributed by atoms with E-state index in [-0.39, 0.29) is 5.41 Å². The fourth-order valence-corrected chi connectivity index (χ4v) is 4.89. The van der Waals surface area contributed by atoms with Gasteiger partial charge in [0.2, 0.25) is 0 Å². The average molecular weight is 321 g/mol. The van der Waals surface area contributed by atoms with Gasteiger partial charge in [-0.25, -0.2) is 4.98 Å². The Morgan fingerprint density at radius 3 is 2.00 bits per heavy atom. The van der Waals surface area contributed by atoms with Crippen LogP contribution in [-0.4, -0.2) is 11.0 Å². The summed E-state index contributed by atoms with van der Waals surface area (Å²) < 4.78 is 0. The molecule has 3 rings (SSSR count). The first-order chi connectivity index (χ1) is 10.4. The highest BCUT2D eigenvalue weighted by Gasteiger charge is 2.37. The molecule has 1 heterocycles. The van der Waals surface area contributed by atoms with E-state index in [2.05, 4.69) is 39.9 Å². The van der Waals surface area contributed by atoms with Crippen LogP contribution < -0.4 is 5.32 Å². The zero-order valence-corrected chi connectivity index (χ0v) is 15.7. The summed E-state index contributed by atoms with van der Waals surface area (Å²) in [5.74, 6) is 1.87. The van der Waals surface area contributed by atoms with Crippen molar-refractivity contribution in [3.63, 3.8) is 0 Å². The van der Waals surface area contributed by atoms with Crippen LogP contribution in [0, 0.1) is 18.8 Å². The lowest BCUT2D eigenvalue weighted by molar-refractivity contribution is 0.115. The van der Waals surface area contributed by atoms with Crippen molar-refractivity contribution in [1.29, 1.82) is 0 Å². The molecule has 1 atom stereocenters. The van der Waals surface area contributed by atoms with Gasteiger partial charge in [0.05, 0.1) is 10.7 Å². The highest BCUT2D eigenvalue weighted by molar-refractivity contribution is 7.12. The van der Waals surface area contributed by atoms with E-state index in [1.807, 2.05) is 11.3 Å². The third-order valence-electron chi connectivity index (χ3n) is 5.63. The van der Waals surface area contributed by atoms with Crippen LogP contribution >= 0.6 is 11.3 Å². The molecule has 0 radical (unpaired) electrons. The Labute approximate surface area is 140 Å². The number of aryl methyl sites for hydroxylation is 1.